The topological polar surface area (TPSA) is 76.4 Å². The summed E-state index contributed by atoms with van der Waals surface area (Å²) in [7, 11) is 0. The minimum Gasteiger partial charge on any atom is -0.395 e. The van der Waals surface area contributed by atoms with Crippen LogP contribution in [0.1, 0.15) is 29.2 Å². The van der Waals surface area contributed by atoms with Crippen LogP contribution in [-0.2, 0) is 6.42 Å². The quantitative estimate of drug-likeness (QED) is 0.898. The highest BCUT2D eigenvalue weighted by Crippen LogP contribution is 2.35. The number of nitrogens with zero attached hydrogens (tertiary/aromatic N) is 2. The first-order valence-corrected chi connectivity index (χ1v) is 8.10. The number of aliphatic hydroxyl groups is 1. The lowest BCUT2D eigenvalue weighted by Gasteiger charge is -2.29. The van der Waals surface area contributed by atoms with Gasteiger partial charge in [0.25, 0.3) is 0 Å². The molecule has 6 heteroatoms. The van der Waals surface area contributed by atoms with Gasteiger partial charge < -0.3 is 15.3 Å². The van der Waals surface area contributed by atoms with Crippen LogP contribution >= 0.6 is 0 Å². The van der Waals surface area contributed by atoms with Gasteiger partial charge in [-0.05, 0) is 42.2 Å². The summed E-state index contributed by atoms with van der Waals surface area (Å²) in [5.41, 5.74) is 2.51. The number of aryl methyl sites for hydroxylation is 1. The Morgan fingerprint density at radius 1 is 1.36 bits per heavy atom. The Labute approximate surface area is 145 Å². The average Bonchev–Trinajstić information content (AvgIpc) is 3.05. The predicted molar refractivity (Wildman–Crippen MR) is 91.4 cm³/mol. The molecule has 2 aromatic carbocycles. The monoisotopic (exact) mass is 339 g/mol. The highest BCUT2D eigenvalue weighted by molar-refractivity contribution is 5.90. The second-order valence-electron chi connectivity index (χ2n) is 5.91. The molecule has 0 saturated heterocycles. The minimum atomic E-state index is -0.627. The molecule has 0 aromatic heterocycles. The van der Waals surface area contributed by atoms with Crippen molar-refractivity contribution >= 4 is 11.7 Å². The molecule has 0 aliphatic heterocycles. The molecule has 25 heavy (non-hydrogen) atoms. The van der Waals surface area contributed by atoms with Gasteiger partial charge in [-0.1, -0.05) is 24.3 Å². The molecule has 2 N–H and O–H groups in total. The van der Waals surface area contributed by atoms with E-state index in [0.29, 0.717) is 5.69 Å². The van der Waals surface area contributed by atoms with Crippen LogP contribution < -0.4 is 5.32 Å². The molecule has 1 aliphatic carbocycles. The summed E-state index contributed by atoms with van der Waals surface area (Å²) in [5.74, 6) is -0.627. The summed E-state index contributed by atoms with van der Waals surface area (Å²) < 4.78 is 13.4. The molecule has 0 saturated carbocycles. The van der Waals surface area contributed by atoms with E-state index in [-0.39, 0.29) is 30.8 Å². The van der Waals surface area contributed by atoms with Crippen molar-refractivity contribution in [2.45, 2.75) is 18.9 Å². The standard InChI is InChI=1S/C19H18FN3O2/c20-17-7-6-15(11-14(17)12-21)22-19(25)23(9-10-24)18-8-5-13-3-1-2-4-16(13)18/h1-4,6-7,11,18,24H,5,8-10H2,(H,22,25). The van der Waals surface area contributed by atoms with E-state index in [1.54, 1.807) is 11.0 Å². The van der Waals surface area contributed by atoms with Gasteiger partial charge in [-0.25, -0.2) is 9.18 Å². The molecule has 0 fully saturated rings. The van der Waals surface area contributed by atoms with Crippen molar-refractivity contribution in [3.63, 3.8) is 0 Å². The van der Waals surface area contributed by atoms with Gasteiger partial charge in [0.1, 0.15) is 11.9 Å². The maximum atomic E-state index is 13.4. The van der Waals surface area contributed by atoms with Crippen LogP contribution in [0.3, 0.4) is 0 Å². The number of carbonyl (C=O) groups excluding carboxylic acids is 1. The second-order valence-corrected chi connectivity index (χ2v) is 5.91. The molecule has 0 heterocycles. The molecule has 1 unspecified atom stereocenters. The largest absolute Gasteiger partial charge is 0.395 e. The zero-order valence-corrected chi connectivity index (χ0v) is 13.6. The summed E-state index contributed by atoms with van der Waals surface area (Å²) >= 11 is 0. The first-order chi connectivity index (χ1) is 12.1. The molecule has 128 valence electrons. The van der Waals surface area contributed by atoms with Gasteiger partial charge in [-0.15, -0.1) is 0 Å². The highest BCUT2D eigenvalue weighted by Gasteiger charge is 2.30. The molecule has 0 bridgehead atoms. The van der Waals surface area contributed by atoms with Crippen molar-refractivity contribution in [2.24, 2.45) is 0 Å². The molecule has 0 radical (unpaired) electrons. The number of nitriles is 1. The van der Waals surface area contributed by atoms with E-state index in [9.17, 15) is 14.3 Å². The fraction of sp³-hybridized carbons (Fsp3) is 0.263. The van der Waals surface area contributed by atoms with E-state index in [4.69, 9.17) is 5.26 Å². The average molecular weight is 339 g/mol. The van der Waals surface area contributed by atoms with Crippen molar-refractivity contribution in [1.82, 2.24) is 4.90 Å². The van der Waals surface area contributed by atoms with Crippen molar-refractivity contribution < 1.29 is 14.3 Å². The third kappa shape index (κ3) is 3.47. The first-order valence-electron chi connectivity index (χ1n) is 8.10. The number of rotatable bonds is 4. The van der Waals surface area contributed by atoms with Crippen LogP contribution in [0.5, 0.6) is 0 Å². The number of halogens is 1. The highest BCUT2D eigenvalue weighted by atomic mass is 19.1. The number of benzene rings is 2. The molecule has 1 aliphatic rings. The summed E-state index contributed by atoms with van der Waals surface area (Å²) in [4.78, 5) is 14.3. The van der Waals surface area contributed by atoms with Gasteiger partial charge in [-0.3, -0.25) is 0 Å². The van der Waals surface area contributed by atoms with Gasteiger partial charge in [0.05, 0.1) is 18.2 Å². The maximum Gasteiger partial charge on any atom is 0.322 e. The van der Waals surface area contributed by atoms with Crippen LogP contribution in [0.2, 0.25) is 0 Å². The summed E-state index contributed by atoms with van der Waals surface area (Å²) in [5, 5.41) is 21.0. The maximum absolute atomic E-state index is 13.4. The van der Waals surface area contributed by atoms with Crippen LogP contribution in [0.4, 0.5) is 14.9 Å². The third-order valence-electron chi connectivity index (χ3n) is 4.42. The summed E-state index contributed by atoms with van der Waals surface area (Å²) in [6.07, 6.45) is 1.67. The molecular weight excluding hydrogens is 321 g/mol. The van der Waals surface area contributed by atoms with Crippen molar-refractivity contribution in [3.05, 3.63) is 65.0 Å². The molecule has 2 amide bonds. The van der Waals surface area contributed by atoms with Crippen molar-refractivity contribution in [1.29, 1.82) is 5.26 Å². The fourth-order valence-electron chi connectivity index (χ4n) is 3.25. The number of urea groups is 1. The van der Waals surface area contributed by atoms with Crippen LogP contribution in [0.15, 0.2) is 42.5 Å². The van der Waals surface area contributed by atoms with Gasteiger partial charge in [0.2, 0.25) is 0 Å². The molecule has 0 spiro atoms. The van der Waals surface area contributed by atoms with E-state index >= 15 is 0 Å². The van der Waals surface area contributed by atoms with Gasteiger partial charge >= 0.3 is 6.03 Å². The molecular formula is C19H18FN3O2. The van der Waals surface area contributed by atoms with E-state index < -0.39 is 5.82 Å². The van der Waals surface area contributed by atoms with Crippen molar-refractivity contribution in [3.8, 4) is 6.07 Å². The second kappa shape index (κ2) is 7.32. The normalized spacial score (nSPS) is 15.3. The molecule has 5 nitrogen and oxygen atoms in total. The van der Waals surface area contributed by atoms with Gasteiger partial charge in [-0.2, -0.15) is 5.26 Å². The Morgan fingerprint density at radius 3 is 2.92 bits per heavy atom. The zero-order valence-electron chi connectivity index (χ0n) is 13.6. The molecule has 2 aromatic rings. The predicted octanol–water partition coefficient (Wildman–Crippen LogP) is 3.21. The fourth-order valence-corrected chi connectivity index (χ4v) is 3.25. The molecule has 3 rings (SSSR count). The Hall–Kier alpha value is -2.91. The minimum absolute atomic E-state index is 0.112. The Morgan fingerprint density at radius 2 is 2.16 bits per heavy atom. The van der Waals surface area contributed by atoms with Crippen LogP contribution in [-0.4, -0.2) is 29.2 Å². The molecule has 1 atom stereocenters. The number of hydrogen-bond donors (Lipinski definition) is 2. The lowest BCUT2D eigenvalue weighted by Crippen LogP contribution is -2.39. The SMILES string of the molecule is N#Cc1cc(NC(=O)N(CCO)C2CCc3ccccc32)ccc1F. The van der Waals surface area contributed by atoms with Gasteiger partial charge in [0, 0.05) is 12.2 Å². The third-order valence-corrected chi connectivity index (χ3v) is 4.42. The van der Waals surface area contributed by atoms with E-state index in [2.05, 4.69) is 5.32 Å². The Bertz CT molecular complexity index is 832. The number of amides is 2. The number of anilines is 1. The summed E-state index contributed by atoms with van der Waals surface area (Å²) in [6.45, 7) is 0.0378. The number of hydrogen-bond acceptors (Lipinski definition) is 3. The number of nitrogens with one attached hydrogen (secondary N) is 1. The number of aliphatic hydroxyl groups excluding tert-OH is 1. The number of carbonyl (C=O) groups is 1. The van der Waals surface area contributed by atoms with Crippen LogP contribution in [0, 0.1) is 17.1 Å². The van der Waals surface area contributed by atoms with E-state index in [1.807, 2.05) is 24.3 Å². The zero-order chi connectivity index (χ0) is 17.8. The van der Waals surface area contributed by atoms with Gasteiger partial charge in [0.15, 0.2) is 0 Å². The first kappa shape index (κ1) is 16.9. The number of fused-ring (bicyclic) bond motifs is 1. The Balaban J connectivity index is 1.82. The lowest BCUT2D eigenvalue weighted by molar-refractivity contribution is 0.162. The smallest absolute Gasteiger partial charge is 0.322 e. The lowest BCUT2D eigenvalue weighted by atomic mass is 10.1. The van der Waals surface area contributed by atoms with E-state index in [1.165, 1.54) is 17.7 Å². The van der Waals surface area contributed by atoms with Crippen molar-refractivity contribution in [2.75, 3.05) is 18.5 Å². The Kier molecular flexibility index (Phi) is 4.96. The summed E-state index contributed by atoms with van der Waals surface area (Å²) in [6, 6.07) is 13.1. The van der Waals surface area contributed by atoms with E-state index in [0.717, 1.165) is 24.5 Å². The van der Waals surface area contributed by atoms with Crippen LogP contribution in [0.25, 0.3) is 0 Å².